The normalized spacial score (nSPS) is 13.8. The number of ether oxygens (including phenoxy) is 2. The van der Waals surface area contributed by atoms with E-state index >= 15 is 0 Å². The van der Waals surface area contributed by atoms with Crippen molar-refractivity contribution >= 4 is 29.1 Å². The Morgan fingerprint density at radius 1 is 0.920 bits per heavy atom. The van der Waals surface area contributed by atoms with Crippen molar-refractivity contribution < 1.29 is 14.3 Å². The first-order valence-corrected chi connectivity index (χ1v) is 9.00. The van der Waals surface area contributed by atoms with E-state index in [2.05, 4.69) is 0 Å². The Morgan fingerprint density at radius 3 is 2.16 bits per heavy atom. The summed E-state index contributed by atoms with van der Waals surface area (Å²) in [4.78, 5) is 14.2. The van der Waals surface area contributed by atoms with Crippen LogP contribution in [0, 0.1) is 0 Å². The molecule has 1 aliphatic rings. The monoisotopic (exact) mass is 379 g/mol. The second kappa shape index (κ2) is 8.45. The summed E-state index contributed by atoms with van der Waals surface area (Å²) < 4.78 is 11.2. The van der Waals surface area contributed by atoms with Crippen molar-refractivity contribution in [2.75, 3.05) is 26.3 Å². The number of hydrogen-bond acceptors (Lipinski definition) is 3. The standard InChI is InChI=1S/C19H19Cl2NO3/c20-16-4-3-5-17(21)18(16)25-13-12-24-15-8-6-14(7-9-15)19(23)22-10-1-2-11-22/h3-9H,1-2,10-13H2. The highest BCUT2D eigenvalue weighted by atomic mass is 35.5. The topological polar surface area (TPSA) is 38.8 Å². The first kappa shape index (κ1) is 17.9. The van der Waals surface area contributed by atoms with Gasteiger partial charge >= 0.3 is 0 Å². The van der Waals surface area contributed by atoms with Crippen molar-refractivity contribution in [2.45, 2.75) is 12.8 Å². The van der Waals surface area contributed by atoms with Crippen molar-refractivity contribution in [3.8, 4) is 11.5 Å². The number of nitrogens with zero attached hydrogens (tertiary/aromatic N) is 1. The molecule has 1 fully saturated rings. The van der Waals surface area contributed by atoms with Gasteiger partial charge in [0, 0.05) is 18.7 Å². The van der Waals surface area contributed by atoms with Crippen LogP contribution in [0.25, 0.3) is 0 Å². The van der Waals surface area contributed by atoms with E-state index in [1.807, 2.05) is 4.90 Å². The van der Waals surface area contributed by atoms with Gasteiger partial charge in [0.05, 0.1) is 10.0 Å². The van der Waals surface area contributed by atoms with E-state index in [0.717, 1.165) is 25.9 Å². The average molecular weight is 380 g/mol. The molecule has 1 heterocycles. The Hall–Kier alpha value is -1.91. The fourth-order valence-corrected chi connectivity index (χ4v) is 3.23. The van der Waals surface area contributed by atoms with Gasteiger partial charge in [-0.25, -0.2) is 0 Å². The van der Waals surface area contributed by atoms with Gasteiger partial charge < -0.3 is 14.4 Å². The molecule has 0 atom stereocenters. The number of halogens is 2. The SMILES string of the molecule is O=C(c1ccc(OCCOc2c(Cl)cccc2Cl)cc1)N1CCCC1. The van der Waals surface area contributed by atoms with E-state index in [-0.39, 0.29) is 5.91 Å². The zero-order chi connectivity index (χ0) is 17.6. The second-order valence-corrected chi connectivity index (χ2v) is 6.59. The molecule has 0 N–H and O–H groups in total. The van der Waals surface area contributed by atoms with Crippen molar-refractivity contribution in [1.29, 1.82) is 0 Å². The van der Waals surface area contributed by atoms with Crippen molar-refractivity contribution in [3.05, 3.63) is 58.1 Å². The predicted octanol–water partition coefficient (Wildman–Crippen LogP) is 4.69. The highest BCUT2D eigenvalue weighted by Gasteiger charge is 2.19. The van der Waals surface area contributed by atoms with Crippen LogP contribution in [0.5, 0.6) is 11.5 Å². The molecule has 6 heteroatoms. The molecule has 0 bridgehead atoms. The van der Waals surface area contributed by atoms with Gasteiger partial charge in [-0.2, -0.15) is 0 Å². The summed E-state index contributed by atoms with van der Waals surface area (Å²) in [6, 6.07) is 12.4. The first-order valence-electron chi connectivity index (χ1n) is 8.24. The lowest BCUT2D eigenvalue weighted by molar-refractivity contribution is 0.0793. The van der Waals surface area contributed by atoms with E-state index in [1.165, 1.54) is 0 Å². The molecule has 0 saturated carbocycles. The summed E-state index contributed by atoms with van der Waals surface area (Å²) >= 11 is 12.1. The van der Waals surface area contributed by atoms with Crippen LogP contribution >= 0.6 is 23.2 Å². The van der Waals surface area contributed by atoms with E-state index in [1.54, 1.807) is 42.5 Å². The highest BCUT2D eigenvalue weighted by molar-refractivity contribution is 6.37. The van der Waals surface area contributed by atoms with Crippen LogP contribution in [-0.4, -0.2) is 37.1 Å². The third-order valence-corrected chi connectivity index (χ3v) is 4.61. The Labute approximate surface area is 157 Å². The van der Waals surface area contributed by atoms with Crippen molar-refractivity contribution in [3.63, 3.8) is 0 Å². The maximum atomic E-state index is 12.3. The smallest absolute Gasteiger partial charge is 0.253 e. The number of hydrogen-bond donors (Lipinski definition) is 0. The first-order chi connectivity index (χ1) is 12.1. The van der Waals surface area contributed by atoms with Crippen LogP contribution in [0.15, 0.2) is 42.5 Å². The van der Waals surface area contributed by atoms with Gasteiger partial charge in [0.25, 0.3) is 5.91 Å². The third kappa shape index (κ3) is 4.59. The molecular formula is C19H19Cl2NO3. The van der Waals surface area contributed by atoms with Crippen LogP contribution in [0.3, 0.4) is 0 Å². The molecule has 0 radical (unpaired) electrons. The zero-order valence-corrected chi connectivity index (χ0v) is 15.2. The Balaban J connectivity index is 1.48. The summed E-state index contributed by atoms with van der Waals surface area (Å²) in [5, 5.41) is 0.939. The molecule has 2 aromatic rings. The van der Waals surface area contributed by atoms with Gasteiger partial charge in [0.2, 0.25) is 0 Å². The predicted molar refractivity (Wildman–Crippen MR) is 99.0 cm³/mol. The van der Waals surface area contributed by atoms with Gasteiger partial charge in [0.1, 0.15) is 19.0 Å². The maximum absolute atomic E-state index is 12.3. The molecule has 1 saturated heterocycles. The molecule has 3 rings (SSSR count). The molecule has 4 nitrogen and oxygen atoms in total. The van der Waals surface area contributed by atoms with Crippen LogP contribution in [-0.2, 0) is 0 Å². The summed E-state index contributed by atoms with van der Waals surface area (Å²) in [5.74, 6) is 1.23. The number of carbonyl (C=O) groups is 1. The van der Waals surface area contributed by atoms with E-state index in [9.17, 15) is 4.79 Å². The average Bonchev–Trinajstić information content (AvgIpc) is 3.15. The molecule has 0 spiro atoms. The number of benzene rings is 2. The zero-order valence-electron chi connectivity index (χ0n) is 13.7. The summed E-state index contributed by atoms with van der Waals surface area (Å²) in [5.41, 5.74) is 0.688. The molecule has 1 aliphatic heterocycles. The van der Waals surface area contributed by atoms with Gasteiger partial charge in [-0.3, -0.25) is 4.79 Å². The van der Waals surface area contributed by atoms with Crippen molar-refractivity contribution in [2.24, 2.45) is 0 Å². The lowest BCUT2D eigenvalue weighted by Gasteiger charge is -2.15. The minimum Gasteiger partial charge on any atom is -0.490 e. The van der Waals surface area contributed by atoms with Gasteiger partial charge in [-0.1, -0.05) is 29.3 Å². The van der Waals surface area contributed by atoms with Crippen LogP contribution in [0.1, 0.15) is 23.2 Å². The summed E-state index contributed by atoms with van der Waals surface area (Å²) in [6.07, 6.45) is 2.17. The summed E-state index contributed by atoms with van der Waals surface area (Å²) in [7, 11) is 0. The molecule has 1 amide bonds. The third-order valence-electron chi connectivity index (χ3n) is 4.01. The molecular weight excluding hydrogens is 361 g/mol. The molecule has 0 aromatic heterocycles. The second-order valence-electron chi connectivity index (χ2n) is 5.77. The van der Waals surface area contributed by atoms with E-state index in [4.69, 9.17) is 32.7 Å². The number of likely N-dealkylation sites (tertiary alicyclic amines) is 1. The minimum absolute atomic E-state index is 0.0840. The Morgan fingerprint density at radius 2 is 1.52 bits per heavy atom. The lowest BCUT2D eigenvalue weighted by Crippen LogP contribution is -2.27. The van der Waals surface area contributed by atoms with Crippen LogP contribution < -0.4 is 9.47 Å². The molecule has 0 unspecified atom stereocenters. The Bertz CT molecular complexity index is 708. The quantitative estimate of drug-likeness (QED) is 0.683. The highest BCUT2D eigenvalue weighted by Crippen LogP contribution is 2.32. The fraction of sp³-hybridized carbons (Fsp3) is 0.316. The number of para-hydroxylation sites is 1. The largest absolute Gasteiger partial charge is 0.490 e. The summed E-state index contributed by atoms with van der Waals surface area (Å²) in [6.45, 7) is 2.36. The van der Waals surface area contributed by atoms with Crippen molar-refractivity contribution in [1.82, 2.24) is 4.90 Å². The number of rotatable bonds is 6. The van der Waals surface area contributed by atoms with Crippen LogP contribution in [0.4, 0.5) is 0 Å². The van der Waals surface area contributed by atoms with E-state index < -0.39 is 0 Å². The van der Waals surface area contributed by atoms with Gasteiger partial charge in [0.15, 0.2) is 5.75 Å². The lowest BCUT2D eigenvalue weighted by atomic mass is 10.2. The van der Waals surface area contributed by atoms with Gasteiger partial charge in [-0.15, -0.1) is 0 Å². The minimum atomic E-state index is 0.0840. The Kier molecular flexibility index (Phi) is 6.05. The fourth-order valence-electron chi connectivity index (χ4n) is 2.72. The molecule has 132 valence electrons. The number of carbonyl (C=O) groups excluding carboxylic acids is 1. The number of amides is 1. The maximum Gasteiger partial charge on any atom is 0.253 e. The van der Waals surface area contributed by atoms with E-state index in [0.29, 0.717) is 40.3 Å². The van der Waals surface area contributed by atoms with Gasteiger partial charge in [-0.05, 0) is 49.2 Å². The molecule has 2 aromatic carbocycles. The molecule has 0 aliphatic carbocycles. The molecule has 25 heavy (non-hydrogen) atoms. The van der Waals surface area contributed by atoms with Crippen LogP contribution in [0.2, 0.25) is 10.0 Å².